The Morgan fingerprint density at radius 3 is 2.24 bits per heavy atom. The zero-order chi connectivity index (χ0) is 14.7. The maximum atomic E-state index is 11.2. The zero-order valence-electron chi connectivity index (χ0n) is 11.3. The molecule has 0 atom stereocenters. The van der Waals surface area contributed by atoms with Crippen molar-refractivity contribution in [2.45, 2.75) is 6.42 Å². The molecular formula is C16H14N4O. The quantitative estimate of drug-likeness (QED) is 0.792. The average molecular weight is 278 g/mol. The fourth-order valence-electron chi connectivity index (χ4n) is 2.23. The number of rotatable bonds is 4. The summed E-state index contributed by atoms with van der Waals surface area (Å²) in [6, 6.07) is 19.4. The number of para-hydroxylation sites is 1. The zero-order valence-corrected chi connectivity index (χ0v) is 11.3. The van der Waals surface area contributed by atoms with E-state index < -0.39 is 5.91 Å². The van der Waals surface area contributed by atoms with E-state index in [-0.39, 0.29) is 6.42 Å². The minimum absolute atomic E-state index is 0.0665. The Hall–Kier alpha value is -2.95. The van der Waals surface area contributed by atoms with E-state index in [0.717, 1.165) is 16.9 Å². The number of primary amides is 1. The predicted octanol–water partition coefficient (Wildman–Crippen LogP) is 1.96. The lowest BCUT2D eigenvalue weighted by molar-refractivity contribution is -0.117. The van der Waals surface area contributed by atoms with Crippen LogP contribution < -0.4 is 5.73 Å². The summed E-state index contributed by atoms with van der Waals surface area (Å²) in [5.41, 5.74) is 8.51. The van der Waals surface area contributed by atoms with E-state index in [2.05, 4.69) is 10.3 Å². The highest BCUT2D eigenvalue weighted by molar-refractivity contribution is 5.79. The van der Waals surface area contributed by atoms with Gasteiger partial charge in [-0.2, -0.15) is 0 Å². The van der Waals surface area contributed by atoms with Gasteiger partial charge in [0.15, 0.2) is 0 Å². The predicted molar refractivity (Wildman–Crippen MR) is 79.7 cm³/mol. The lowest BCUT2D eigenvalue weighted by atomic mass is 10.1. The van der Waals surface area contributed by atoms with E-state index in [1.165, 1.54) is 0 Å². The van der Waals surface area contributed by atoms with Crippen LogP contribution in [0.15, 0.2) is 60.7 Å². The van der Waals surface area contributed by atoms with Crippen molar-refractivity contribution in [3.05, 3.63) is 66.4 Å². The fourth-order valence-corrected chi connectivity index (χ4v) is 2.23. The number of aromatic nitrogens is 3. The number of benzene rings is 2. The summed E-state index contributed by atoms with van der Waals surface area (Å²) in [6.45, 7) is 0. The van der Waals surface area contributed by atoms with Crippen LogP contribution in [0.25, 0.3) is 16.9 Å². The van der Waals surface area contributed by atoms with Gasteiger partial charge in [-0.25, -0.2) is 4.68 Å². The molecule has 0 saturated heterocycles. The van der Waals surface area contributed by atoms with Crippen molar-refractivity contribution in [3.8, 4) is 16.9 Å². The molecule has 104 valence electrons. The lowest BCUT2D eigenvalue weighted by Gasteiger charge is -2.07. The van der Waals surface area contributed by atoms with Crippen LogP contribution in [-0.2, 0) is 11.2 Å². The third-order valence-corrected chi connectivity index (χ3v) is 3.13. The van der Waals surface area contributed by atoms with Crippen molar-refractivity contribution >= 4 is 5.91 Å². The van der Waals surface area contributed by atoms with Crippen LogP contribution in [0.2, 0.25) is 0 Å². The van der Waals surface area contributed by atoms with Gasteiger partial charge in [-0.1, -0.05) is 53.7 Å². The van der Waals surface area contributed by atoms with Crippen LogP contribution in [-0.4, -0.2) is 20.9 Å². The number of nitrogens with two attached hydrogens (primary N) is 1. The largest absolute Gasteiger partial charge is 0.369 e. The first kappa shape index (κ1) is 13.1. The summed E-state index contributed by atoms with van der Waals surface area (Å²) in [5, 5.41) is 8.30. The SMILES string of the molecule is NC(=O)Cc1nnn(-c2ccccc2)c1-c1ccccc1. The Labute approximate surface area is 122 Å². The van der Waals surface area contributed by atoms with Crippen LogP contribution in [0.3, 0.4) is 0 Å². The van der Waals surface area contributed by atoms with Gasteiger partial charge in [-0.05, 0) is 12.1 Å². The molecule has 5 nitrogen and oxygen atoms in total. The molecule has 21 heavy (non-hydrogen) atoms. The number of carbonyl (C=O) groups is 1. The Bertz CT molecular complexity index is 750. The van der Waals surface area contributed by atoms with E-state index in [1.54, 1.807) is 4.68 Å². The second-order valence-electron chi connectivity index (χ2n) is 4.64. The van der Waals surface area contributed by atoms with Crippen molar-refractivity contribution in [1.82, 2.24) is 15.0 Å². The van der Waals surface area contributed by atoms with Gasteiger partial charge in [-0.15, -0.1) is 5.10 Å². The smallest absolute Gasteiger partial charge is 0.223 e. The molecule has 2 N–H and O–H groups in total. The van der Waals surface area contributed by atoms with Gasteiger partial charge < -0.3 is 5.73 Å². The van der Waals surface area contributed by atoms with Gasteiger partial charge in [-0.3, -0.25) is 4.79 Å². The summed E-state index contributed by atoms with van der Waals surface area (Å²) in [5.74, 6) is -0.424. The van der Waals surface area contributed by atoms with Crippen molar-refractivity contribution in [2.24, 2.45) is 5.73 Å². The molecule has 3 aromatic rings. The average Bonchev–Trinajstić information content (AvgIpc) is 2.92. The molecule has 3 rings (SSSR count). The second-order valence-corrected chi connectivity index (χ2v) is 4.64. The topological polar surface area (TPSA) is 73.8 Å². The molecule has 0 fully saturated rings. The first-order chi connectivity index (χ1) is 10.3. The molecule has 0 aliphatic heterocycles. The summed E-state index contributed by atoms with van der Waals surface area (Å²) in [6.07, 6.45) is 0.0665. The van der Waals surface area contributed by atoms with Gasteiger partial charge >= 0.3 is 0 Å². The van der Waals surface area contributed by atoms with Crippen LogP contribution in [0, 0.1) is 0 Å². The van der Waals surface area contributed by atoms with Crippen molar-refractivity contribution in [3.63, 3.8) is 0 Å². The van der Waals surface area contributed by atoms with Gasteiger partial charge in [0.2, 0.25) is 5.91 Å². The van der Waals surface area contributed by atoms with Crippen LogP contribution in [0.1, 0.15) is 5.69 Å². The third-order valence-electron chi connectivity index (χ3n) is 3.13. The Kier molecular flexibility index (Phi) is 3.47. The van der Waals surface area contributed by atoms with E-state index in [1.807, 2.05) is 60.7 Å². The normalized spacial score (nSPS) is 10.5. The molecule has 1 amide bonds. The molecule has 0 aliphatic rings. The van der Waals surface area contributed by atoms with Gasteiger partial charge in [0.25, 0.3) is 0 Å². The summed E-state index contributed by atoms with van der Waals surface area (Å²) in [4.78, 5) is 11.2. The molecule has 0 saturated carbocycles. The third kappa shape index (κ3) is 2.67. The molecule has 0 unspecified atom stereocenters. The van der Waals surface area contributed by atoms with E-state index >= 15 is 0 Å². The number of carbonyl (C=O) groups excluding carboxylic acids is 1. The summed E-state index contributed by atoms with van der Waals surface area (Å²) >= 11 is 0. The summed E-state index contributed by atoms with van der Waals surface area (Å²) < 4.78 is 1.73. The molecule has 1 heterocycles. The maximum absolute atomic E-state index is 11.2. The van der Waals surface area contributed by atoms with Gasteiger partial charge in [0, 0.05) is 5.56 Å². The molecule has 1 aromatic heterocycles. The van der Waals surface area contributed by atoms with Crippen LogP contribution >= 0.6 is 0 Å². The number of amides is 1. The Morgan fingerprint density at radius 2 is 1.62 bits per heavy atom. The first-order valence-corrected chi connectivity index (χ1v) is 6.59. The van der Waals surface area contributed by atoms with Crippen molar-refractivity contribution < 1.29 is 4.79 Å². The molecule has 0 radical (unpaired) electrons. The highest BCUT2D eigenvalue weighted by atomic mass is 16.1. The molecule has 0 bridgehead atoms. The molecular weight excluding hydrogens is 264 g/mol. The lowest BCUT2D eigenvalue weighted by Crippen LogP contribution is -2.14. The highest BCUT2D eigenvalue weighted by Crippen LogP contribution is 2.25. The number of nitrogens with zero attached hydrogens (tertiary/aromatic N) is 3. The standard InChI is InChI=1S/C16H14N4O/c17-15(21)11-14-16(12-7-3-1-4-8-12)20(19-18-14)13-9-5-2-6-10-13/h1-10H,11H2,(H2,17,21). The fraction of sp³-hybridized carbons (Fsp3) is 0.0625. The van der Waals surface area contributed by atoms with E-state index in [4.69, 9.17) is 5.73 Å². The molecule has 2 aromatic carbocycles. The number of hydrogen-bond acceptors (Lipinski definition) is 3. The summed E-state index contributed by atoms with van der Waals surface area (Å²) in [7, 11) is 0. The number of hydrogen-bond donors (Lipinski definition) is 1. The van der Waals surface area contributed by atoms with Crippen LogP contribution in [0.4, 0.5) is 0 Å². The highest BCUT2D eigenvalue weighted by Gasteiger charge is 2.17. The molecule has 0 spiro atoms. The molecule has 5 heteroatoms. The van der Waals surface area contributed by atoms with Crippen molar-refractivity contribution in [1.29, 1.82) is 0 Å². The van der Waals surface area contributed by atoms with Gasteiger partial charge in [0.05, 0.1) is 17.8 Å². The Morgan fingerprint density at radius 1 is 1.00 bits per heavy atom. The second kappa shape index (κ2) is 5.58. The molecule has 0 aliphatic carbocycles. The minimum atomic E-state index is -0.424. The monoisotopic (exact) mass is 278 g/mol. The maximum Gasteiger partial charge on any atom is 0.223 e. The first-order valence-electron chi connectivity index (χ1n) is 6.59. The van der Waals surface area contributed by atoms with E-state index in [9.17, 15) is 4.79 Å². The van der Waals surface area contributed by atoms with Crippen LogP contribution in [0.5, 0.6) is 0 Å². The minimum Gasteiger partial charge on any atom is -0.369 e. The van der Waals surface area contributed by atoms with Crippen molar-refractivity contribution in [2.75, 3.05) is 0 Å². The van der Waals surface area contributed by atoms with E-state index in [0.29, 0.717) is 5.69 Å². The van der Waals surface area contributed by atoms with Gasteiger partial charge in [0.1, 0.15) is 5.69 Å². The Balaban J connectivity index is 2.18.